The minimum atomic E-state index is 0.348. The Labute approximate surface area is 99.3 Å². The molecule has 5 heteroatoms. The van der Waals surface area contributed by atoms with Gasteiger partial charge < -0.3 is 9.84 Å². The number of nitrogens with one attached hydrogen (secondary N) is 1. The Morgan fingerprint density at radius 3 is 3.18 bits per heavy atom. The molecule has 17 heavy (non-hydrogen) atoms. The molecule has 0 aliphatic carbocycles. The molecule has 1 atom stereocenters. The van der Waals surface area contributed by atoms with Crippen LogP contribution in [-0.2, 0) is 0 Å². The fourth-order valence-electron chi connectivity index (χ4n) is 2.03. The van der Waals surface area contributed by atoms with Crippen molar-refractivity contribution in [1.82, 2.24) is 20.4 Å². The molecule has 0 saturated carbocycles. The van der Waals surface area contributed by atoms with Gasteiger partial charge in [0.2, 0.25) is 11.7 Å². The first-order chi connectivity index (χ1) is 8.33. The standard InChI is InChI=1S/C12H14N4O/c1-8-2-5-14-10(6-8)11-15-12(17-16-11)9-3-4-13-7-9/h2,5-6,9,13H,3-4,7H2,1H3. The smallest absolute Gasteiger partial charge is 0.231 e. The number of aromatic nitrogens is 3. The average molecular weight is 230 g/mol. The van der Waals surface area contributed by atoms with Crippen molar-refractivity contribution in [2.75, 3.05) is 13.1 Å². The molecule has 1 aliphatic heterocycles. The second kappa shape index (κ2) is 4.25. The molecule has 0 spiro atoms. The summed E-state index contributed by atoms with van der Waals surface area (Å²) in [4.78, 5) is 8.67. The molecular weight excluding hydrogens is 216 g/mol. The Hall–Kier alpha value is -1.75. The Kier molecular flexibility index (Phi) is 2.60. The summed E-state index contributed by atoms with van der Waals surface area (Å²) in [7, 11) is 0. The zero-order chi connectivity index (χ0) is 11.7. The van der Waals surface area contributed by atoms with Gasteiger partial charge in [0.15, 0.2) is 0 Å². The molecule has 1 aliphatic rings. The third-order valence-corrected chi connectivity index (χ3v) is 3.00. The van der Waals surface area contributed by atoms with Crippen LogP contribution in [-0.4, -0.2) is 28.2 Å². The molecule has 3 rings (SSSR count). The fourth-order valence-corrected chi connectivity index (χ4v) is 2.03. The molecule has 1 saturated heterocycles. The molecule has 2 aromatic rings. The zero-order valence-electron chi connectivity index (χ0n) is 9.68. The van der Waals surface area contributed by atoms with Gasteiger partial charge in [-0.1, -0.05) is 5.16 Å². The van der Waals surface area contributed by atoms with Crippen LogP contribution < -0.4 is 5.32 Å². The molecule has 0 aromatic carbocycles. The predicted molar refractivity (Wildman–Crippen MR) is 62.5 cm³/mol. The molecule has 1 unspecified atom stereocenters. The van der Waals surface area contributed by atoms with E-state index in [1.54, 1.807) is 6.20 Å². The van der Waals surface area contributed by atoms with Gasteiger partial charge in [-0.05, 0) is 37.6 Å². The van der Waals surface area contributed by atoms with Crippen molar-refractivity contribution < 1.29 is 4.52 Å². The van der Waals surface area contributed by atoms with Gasteiger partial charge in [-0.25, -0.2) is 0 Å². The maximum absolute atomic E-state index is 5.30. The van der Waals surface area contributed by atoms with E-state index in [4.69, 9.17) is 4.52 Å². The normalized spacial score (nSPS) is 19.7. The van der Waals surface area contributed by atoms with Crippen molar-refractivity contribution in [1.29, 1.82) is 0 Å². The molecule has 3 heterocycles. The largest absolute Gasteiger partial charge is 0.339 e. The lowest BCUT2D eigenvalue weighted by Gasteiger charge is -1.98. The van der Waals surface area contributed by atoms with Crippen molar-refractivity contribution in [3.8, 4) is 11.5 Å². The molecule has 2 aromatic heterocycles. The van der Waals surface area contributed by atoms with Crippen molar-refractivity contribution in [2.24, 2.45) is 0 Å². The van der Waals surface area contributed by atoms with Gasteiger partial charge in [-0.15, -0.1) is 0 Å². The van der Waals surface area contributed by atoms with E-state index in [9.17, 15) is 0 Å². The highest BCUT2D eigenvalue weighted by atomic mass is 16.5. The quantitative estimate of drug-likeness (QED) is 0.847. The Morgan fingerprint density at radius 1 is 1.47 bits per heavy atom. The molecule has 0 bridgehead atoms. The molecule has 5 nitrogen and oxygen atoms in total. The van der Waals surface area contributed by atoms with E-state index in [0.717, 1.165) is 30.8 Å². The highest BCUT2D eigenvalue weighted by molar-refractivity contribution is 5.49. The van der Waals surface area contributed by atoms with Crippen LogP contribution in [0, 0.1) is 6.92 Å². The third-order valence-electron chi connectivity index (χ3n) is 3.00. The van der Waals surface area contributed by atoms with E-state index in [-0.39, 0.29) is 0 Å². The first kappa shape index (κ1) is 10.4. The number of nitrogens with zero attached hydrogens (tertiary/aromatic N) is 3. The van der Waals surface area contributed by atoms with Crippen molar-refractivity contribution in [3.05, 3.63) is 29.8 Å². The second-order valence-electron chi connectivity index (χ2n) is 4.36. The molecule has 88 valence electrons. The molecule has 1 fully saturated rings. The minimum absolute atomic E-state index is 0.348. The van der Waals surface area contributed by atoms with E-state index in [1.165, 1.54) is 0 Å². The number of pyridine rings is 1. The van der Waals surface area contributed by atoms with Gasteiger partial charge >= 0.3 is 0 Å². The number of hydrogen-bond acceptors (Lipinski definition) is 5. The van der Waals surface area contributed by atoms with Gasteiger partial charge in [0.1, 0.15) is 5.69 Å². The van der Waals surface area contributed by atoms with E-state index in [2.05, 4.69) is 20.4 Å². The Morgan fingerprint density at radius 2 is 2.41 bits per heavy atom. The van der Waals surface area contributed by atoms with Crippen molar-refractivity contribution in [2.45, 2.75) is 19.3 Å². The van der Waals surface area contributed by atoms with Crippen LogP contribution in [0.25, 0.3) is 11.5 Å². The Balaban J connectivity index is 1.89. The van der Waals surface area contributed by atoms with Crippen LogP contribution in [0.4, 0.5) is 0 Å². The van der Waals surface area contributed by atoms with Gasteiger partial charge in [-0.2, -0.15) is 4.98 Å². The first-order valence-electron chi connectivity index (χ1n) is 5.80. The SMILES string of the molecule is Cc1ccnc(-c2noc(C3CCNC3)n2)c1. The second-order valence-corrected chi connectivity index (χ2v) is 4.36. The number of rotatable bonds is 2. The molecule has 0 amide bonds. The topological polar surface area (TPSA) is 63.8 Å². The van der Waals surface area contributed by atoms with Gasteiger partial charge in [0, 0.05) is 12.7 Å². The summed E-state index contributed by atoms with van der Waals surface area (Å²) in [6, 6.07) is 3.91. The maximum atomic E-state index is 5.30. The minimum Gasteiger partial charge on any atom is -0.339 e. The maximum Gasteiger partial charge on any atom is 0.231 e. The predicted octanol–water partition coefficient (Wildman–Crippen LogP) is 1.52. The summed E-state index contributed by atoms with van der Waals surface area (Å²) >= 11 is 0. The van der Waals surface area contributed by atoms with Crippen molar-refractivity contribution in [3.63, 3.8) is 0 Å². The summed E-state index contributed by atoms with van der Waals surface area (Å²) in [5.41, 5.74) is 1.91. The summed E-state index contributed by atoms with van der Waals surface area (Å²) in [6.07, 6.45) is 2.82. The first-order valence-corrected chi connectivity index (χ1v) is 5.80. The van der Waals surface area contributed by atoms with Crippen LogP contribution in [0.3, 0.4) is 0 Å². The van der Waals surface area contributed by atoms with Gasteiger partial charge in [-0.3, -0.25) is 4.98 Å². The van der Waals surface area contributed by atoms with E-state index in [0.29, 0.717) is 17.6 Å². The lowest BCUT2D eigenvalue weighted by Crippen LogP contribution is -2.08. The van der Waals surface area contributed by atoms with E-state index >= 15 is 0 Å². The Bertz CT molecular complexity index is 517. The van der Waals surface area contributed by atoms with Crippen LogP contribution in [0.1, 0.15) is 23.8 Å². The summed E-state index contributed by atoms with van der Waals surface area (Å²) < 4.78 is 5.30. The summed E-state index contributed by atoms with van der Waals surface area (Å²) in [5.74, 6) is 1.64. The fraction of sp³-hybridized carbons (Fsp3) is 0.417. The van der Waals surface area contributed by atoms with Crippen LogP contribution in [0.15, 0.2) is 22.9 Å². The lowest BCUT2D eigenvalue weighted by molar-refractivity contribution is 0.359. The third kappa shape index (κ3) is 2.06. The zero-order valence-corrected chi connectivity index (χ0v) is 9.68. The summed E-state index contributed by atoms with van der Waals surface area (Å²) in [6.45, 7) is 3.96. The van der Waals surface area contributed by atoms with Crippen LogP contribution in [0.2, 0.25) is 0 Å². The highest BCUT2D eigenvalue weighted by Gasteiger charge is 2.23. The monoisotopic (exact) mass is 230 g/mol. The van der Waals surface area contributed by atoms with Crippen molar-refractivity contribution >= 4 is 0 Å². The van der Waals surface area contributed by atoms with E-state index < -0.39 is 0 Å². The summed E-state index contributed by atoms with van der Waals surface area (Å²) in [5, 5.41) is 7.28. The van der Waals surface area contributed by atoms with E-state index in [1.807, 2.05) is 19.1 Å². The van der Waals surface area contributed by atoms with Gasteiger partial charge in [0.25, 0.3) is 0 Å². The number of aryl methyl sites for hydroxylation is 1. The molecule has 1 N–H and O–H groups in total. The molecule has 0 radical (unpaired) electrons. The van der Waals surface area contributed by atoms with Gasteiger partial charge in [0.05, 0.1) is 5.92 Å². The van der Waals surface area contributed by atoms with Crippen LogP contribution in [0.5, 0.6) is 0 Å². The highest BCUT2D eigenvalue weighted by Crippen LogP contribution is 2.23. The average Bonchev–Trinajstić information content (AvgIpc) is 3.00. The van der Waals surface area contributed by atoms with Crippen LogP contribution >= 0.6 is 0 Å². The number of hydrogen-bond donors (Lipinski definition) is 1. The molecular formula is C12H14N4O. The lowest BCUT2D eigenvalue weighted by atomic mass is 10.1.